The van der Waals surface area contributed by atoms with Crippen LogP contribution in [0, 0.1) is 5.92 Å². The molecule has 3 heterocycles. The first-order valence-electron chi connectivity index (χ1n) is 13.1. The average Bonchev–Trinajstić information content (AvgIpc) is 3.30. The van der Waals surface area contributed by atoms with Gasteiger partial charge in [0.2, 0.25) is 5.91 Å². The first-order chi connectivity index (χ1) is 17.0. The normalized spacial score (nSPS) is 27.5. The highest BCUT2D eigenvalue weighted by atomic mass is 16.5. The van der Waals surface area contributed by atoms with Crippen molar-refractivity contribution in [3.8, 4) is 11.3 Å². The van der Waals surface area contributed by atoms with Crippen molar-refractivity contribution in [3.05, 3.63) is 48.2 Å². The van der Waals surface area contributed by atoms with Crippen LogP contribution in [0.2, 0.25) is 0 Å². The Labute approximate surface area is 208 Å². The maximum atomic E-state index is 13.9. The van der Waals surface area contributed by atoms with E-state index in [0.29, 0.717) is 18.8 Å². The Morgan fingerprint density at radius 1 is 1.00 bits per heavy atom. The van der Waals surface area contributed by atoms with Gasteiger partial charge in [0.15, 0.2) is 0 Å². The maximum Gasteiger partial charge on any atom is 0.271 e. The molecule has 7 nitrogen and oxygen atoms in total. The summed E-state index contributed by atoms with van der Waals surface area (Å²) in [5.41, 5.74) is 1.73. The van der Waals surface area contributed by atoms with Crippen molar-refractivity contribution in [1.82, 2.24) is 19.7 Å². The number of morpholine rings is 1. The number of carbonyl (C=O) groups excluding carboxylic acids is 2. The third-order valence-corrected chi connectivity index (χ3v) is 8.16. The molecule has 7 heteroatoms. The Morgan fingerprint density at radius 2 is 1.69 bits per heavy atom. The van der Waals surface area contributed by atoms with Gasteiger partial charge in [-0.15, -0.1) is 0 Å². The van der Waals surface area contributed by atoms with Gasteiger partial charge in [0.05, 0.1) is 19.8 Å². The number of amides is 2. The van der Waals surface area contributed by atoms with Gasteiger partial charge in [-0.05, 0) is 56.2 Å². The second-order valence-electron chi connectivity index (χ2n) is 10.7. The molecule has 5 rings (SSSR count). The standard InChI is InChI=1S/C28H38N4O3/c1-21-8-10-23(11-9-21)29-27(34)28(2)20-31-24(22-6-4-3-5-7-22)12-13-25(31)26(33)32(28)15-14-30-16-18-35-19-17-30/h3-7,12-13,21,23H,8-11,14-20H2,1-2H3,(H,29,34). The lowest BCUT2D eigenvalue weighted by Crippen LogP contribution is -2.66. The third kappa shape index (κ3) is 4.89. The quantitative estimate of drug-likeness (QED) is 0.691. The Kier molecular flexibility index (Phi) is 6.98. The lowest BCUT2D eigenvalue weighted by Gasteiger charge is -2.46. The molecule has 35 heavy (non-hydrogen) atoms. The predicted molar refractivity (Wildman–Crippen MR) is 136 cm³/mol. The highest BCUT2D eigenvalue weighted by molar-refractivity contribution is 6.00. The monoisotopic (exact) mass is 478 g/mol. The van der Waals surface area contributed by atoms with Crippen LogP contribution in [0.1, 0.15) is 50.0 Å². The number of nitrogens with one attached hydrogen (secondary N) is 1. The molecule has 2 amide bonds. The van der Waals surface area contributed by atoms with Gasteiger partial charge < -0.3 is 19.5 Å². The molecule has 2 aliphatic heterocycles. The van der Waals surface area contributed by atoms with Crippen molar-refractivity contribution in [2.45, 2.75) is 57.7 Å². The molecule has 1 aromatic heterocycles. The van der Waals surface area contributed by atoms with Crippen LogP contribution in [-0.2, 0) is 16.1 Å². The largest absolute Gasteiger partial charge is 0.379 e. The molecule has 3 aliphatic rings. The number of rotatable bonds is 6. The van der Waals surface area contributed by atoms with Crippen LogP contribution in [0.5, 0.6) is 0 Å². The fraction of sp³-hybridized carbons (Fsp3) is 0.571. The Hall–Kier alpha value is -2.64. The van der Waals surface area contributed by atoms with E-state index in [1.54, 1.807) is 0 Å². The molecule has 1 saturated heterocycles. The van der Waals surface area contributed by atoms with Crippen LogP contribution in [0.25, 0.3) is 11.3 Å². The van der Waals surface area contributed by atoms with E-state index in [-0.39, 0.29) is 17.9 Å². The van der Waals surface area contributed by atoms with Gasteiger partial charge >= 0.3 is 0 Å². The number of nitrogens with zero attached hydrogens (tertiary/aromatic N) is 3. The fourth-order valence-corrected chi connectivity index (χ4v) is 5.80. The smallest absolute Gasteiger partial charge is 0.271 e. The van der Waals surface area contributed by atoms with Gasteiger partial charge in [-0.1, -0.05) is 37.3 Å². The van der Waals surface area contributed by atoms with Gasteiger partial charge in [-0.2, -0.15) is 0 Å². The number of fused-ring (bicyclic) bond motifs is 1. The number of carbonyl (C=O) groups is 2. The van der Waals surface area contributed by atoms with Crippen LogP contribution in [-0.4, -0.2) is 77.2 Å². The summed E-state index contributed by atoms with van der Waals surface area (Å²) in [5, 5.41) is 3.34. The van der Waals surface area contributed by atoms with E-state index >= 15 is 0 Å². The summed E-state index contributed by atoms with van der Waals surface area (Å²) in [6, 6.07) is 14.2. The summed E-state index contributed by atoms with van der Waals surface area (Å²) in [5.74, 6) is 0.614. The zero-order valence-electron chi connectivity index (χ0n) is 21.0. The Morgan fingerprint density at radius 3 is 2.40 bits per heavy atom. The van der Waals surface area contributed by atoms with E-state index < -0.39 is 5.54 Å². The van der Waals surface area contributed by atoms with Crippen molar-refractivity contribution in [2.75, 3.05) is 39.4 Å². The average molecular weight is 479 g/mol. The minimum absolute atomic E-state index is 0.0363. The van der Waals surface area contributed by atoms with Crippen LogP contribution in [0.4, 0.5) is 0 Å². The minimum atomic E-state index is -0.956. The highest BCUT2D eigenvalue weighted by Gasteiger charge is 2.48. The fourth-order valence-electron chi connectivity index (χ4n) is 5.80. The first-order valence-corrected chi connectivity index (χ1v) is 13.1. The highest BCUT2D eigenvalue weighted by Crippen LogP contribution is 2.34. The second-order valence-corrected chi connectivity index (χ2v) is 10.7. The zero-order valence-corrected chi connectivity index (χ0v) is 21.0. The van der Waals surface area contributed by atoms with Crippen molar-refractivity contribution in [1.29, 1.82) is 0 Å². The number of hydrogen-bond acceptors (Lipinski definition) is 4. The molecule has 1 saturated carbocycles. The molecule has 1 aromatic carbocycles. The SMILES string of the molecule is CC1CCC(NC(=O)C2(C)Cn3c(ccc3-c3ccccc3)C(=O)N2CCN2CCOCC2)CC1. The molecule has 1 N–H and O–H groups in total. The topological polar surface area (TPSA) is 66.8 Å². The molecule has 0 spiro atoms. The summed E-state index contributed by atoms with van der Waals surface area (Å²) >= 11 is 0. The lowest BCUT2D eigenvalue weighted by molar-refractivity contribution is -0.134. The van der Waals surface area contributed by atoms with Crippen LogP contribution >= 0.6 is 0 Å². The molecular weight excluding hydrogens is 440 g/mol. The van der Waals surface area contributed by atoms with E-state index in [4.69, 9.17) is 4.74 Å². The van der Waals surface area contributed by atoms with Crippen LogP contribution in [0.3, 0.4) is 0 Å². The number of benzene rings is 1. The van der Waals surface area contributed by atoms with Crippen LogP contribution < -0.4 is 5.32 Å². The summed E-state index contributed by atoms with van der Waals surface area (Å²) < 4.78 is 7.53. The van der Waals surface area contributed by atoms with Crippen molar-refractivity contribution < 1.29 is 14.3 Å². The number of hydrogen-bond donors (Lipinski definition) is 1. The van der Waals surface area contributed by atoms with Crippen LogP contribution in [0.15, 0.2) is 42.5 Å². The molecular formula is C28H38N4O3. The van der Waals surface area contributed by atoms with E-state index in [1.165, 1.54) is 0 Å². The van der Waals surface area contributed by atoms with Gasteiger partial charge in [0, 0.05) is 37.9 Å². The number of ether oxygens (including phenoxy) is 1. The third-order valence-electron chi connectivity index (χ3n) is 8.16. The van der Waals surface area contributed by atoms with Gasteiger partial charge in [-0.3, -0.25) is 14.5 Å². The summed E-state index contributed by atoms with van der Waals surface area (Å²) in [7, 11) is 0. The van der Waals surface area contributed by atoms with Crippen molar-refractivity contribution in [3.63, 3.8) is 0 Å². The molecule has 2 fully saturated rings. The predicted octanol–water partition coefficient (Wildman–Crippen LogP) is 3.40. The van der Waals surface area contributed by atoms with E-state index in [2.05, 4.69) is 29.3 Å². The van der Waals surface area contributed by atoms with Gasteiger partial charge in [0.25, 0.3) is 5.91 Å². The summed E-state index contributed by atoms with van der Waals surface area (Å²) in [6.07, 6.45) is 4.30. The lowest BCUT2D eigenvalue weighted by atomic mass is 9.86. The Bertz CT molecular complexity index is 1040. The van der Waals surface area contributed by atoms with E-state index in [1.807, 2.05) is 46.7 Å². The Balaban J connectivity index is 1.43. The summed E-state index contributed by atoms with van der Waals surface area (Å²) in [4.78, 5) is 31.9. The molecule has 0 bridgehead atoms. The molecule has 1 unspecified atom stereocenters. The van der Waals surface area contributed by atoms with Gasteiger partial charge in [-0.25, -0.2) is 0 Å². The second kappa shape index (κ2) is 10.2. The molecule has 0 radical (unpaired) electrons. The summed E-state index contributed by atoms with van der Waals surface area (Å²) in [6.45, 7) is 9.10. The first kappa shape index (κ1) is 24.1. The number of aromatic nitrogens is 1. The van der Waals surface area contributed by atoms with Crippen molar-refractivity contribution in [2.24, 2.45) is 5.92 Å². The molecule has 2 aromatic rings. The van der Waals surface area contributed by atoms with E-state index in [0.717, 1.165) is 75.7 Å². The van der Waals surface area contributed by atoms with Gasteiger partial charge in [0.1, 0.15) is 11.2 Å². The van der Waals surface area contributed by atoms with Crippen molar-refractivity contribution >= 4 is 11.8 Å². The molecule has 1 atom stereocenters. The molecule has 188 valence electrons. The molecule has 1 aliphatic carbocycles. The minimum Gasteiger partial charge on any atom is -0.379 e. The maximum absolute atomic E-state index is 13.9. The van der Waals surface area contributed by atoms with E-state index in [9.17, 15) is 9.59 Å². The zero-order chi connectivity index (χ0) is 24.4.